The van der Waals surface area contributed by atoms with Crippen LogP contribution in [0.1, 0.15) is 0 Å². The van der Waals surface area contributed by atoms with Gasteiger partial charge in [0.1, 0.15) is 6.33 Å². The molecule has 0 saturated carbocycles. The zero-order valence-electron chi connectivity index (χ0n) is 14.5. The molecule has 3 heteroatoms. The Bertz CT molecular complexity index is 1140. The minimum Gasteiger partial charge on any atom is -0.236 e. The van der Waals surface area contributed by atoms with E-state index < -0.39 is 0 Å². The molecule has 0 aliphatic carbocycles. The summed E-state index contributed by atoms with van der Waals surface area (Å²) in [7, 11) is 0. The molecule has 27 heavy (non-hydrogen) atoms. The van der Waals surface area contributed by atoms with Gasteiger partial charge in [-0.1, -0.05) is 84.9 Å². The van der Waals surface area contributed by atoms with E-state index in [0.29, 0.717) is 0 Å². The summed E-state index contributed by atoms with van der Waals surface area (Å²) in [6.45, 7) is 0. The molecule has 5 rings (SSSR count). The van der Waals surface area contributed by atoms with E-state index in [1.165, 1.54) is 21.5 Å². The van der Waals surface area contributed by atoms with Crippen molar-refractivity contribution >= 4 is 21.5 Å². The number of rotatable bonds is 2. The van der Waals surface area contributed by atoms with Crippen LogP contribution in [0.15, 0.2) is 97.3 Å². The van der Waals surface area contributed by atoms with E-state index >= 15 is 0 Å². The third-order valence-corrected chi connectivity index (χ3v) is 4.80. The van der Waals surface area contributed by atoms with Crippen LogP contribution in [0, 0.1) is 0 Å². The maximum atomic E-state index is 4.55. The molecule has 0 aliphatic rings. The Morgan fingerprint density at radius 2 is 0.926 bits per heavy atom. The largest absolute Gasteiger partial charge is 0.236 e. The average molecular weight is 525 g/mol. The Morgan fingerprint density at radius 3 is 1.44 bits per heavy atom. The third kappa shape index (κ3) is 3.16. The summed E-state index contributed by atoms with van der Waals surface area (Å²) in [6.07, 6.45) is 1.66. The Balaban J connectivity index is 0.00000180. The molecule has 0 spiro atoms. The Morgan fingerprint density at radius 1 is 0.481 bits per heavy atom. The van der Waals surface area contributed by atoms with Crippen LogP contribution in [0.25, 0.3) is 44.1 Å². The molecule has 1 radical (unpaired) electrons. The second kappa shape index (κ2) is 7.40. The van der Waals surface area contributed by atoms with Gasteiger partial charge in [0, 0.05) is 31.2 Å². The van der Waals surface area contributed by atoms with E-state index in [-0.39, 0.29) is 20.1 Å². The molecular weight excluding hydrogens is 508 g/mol. The van der Waals surface area contributed by atoms with Crippen LogP contribution in [0.3, 0.4) is 0 Å². The predicted octanol–water partition coefficient (Wildman–Crippen LogP) is 6.11. The first-order valence-corrected chi connectivity index (χ1v) is 8.68. The van der Waals surface area contributed by atoms with Crippen molar-refractivity contribution in [1.29, 1.82) is 0 Å². The van der Waals surface area contributed by atoms with Crippen LogP contribution in [0.4, 0.5) is 0 Å². The molecule has 1 aromatic heterocycles. The van der Waals surface area contributed by atoms with Gasteiger partial charge in [-0.15, -0.1) is 0 Å². The molecule has 0 bridgehead atoms. The quantitative estimate of drug-likeness (QED) is 0.278. The number of benzene rings is 4. The Kier molecular flexibility index (Phi) is 4.81. The zero-order valence-corrected chi connectivity index (χ0v) is 16.9. The molecule has 0 aliphatic heterocycles. The van der Waals surface area contributed by atoms with Crippen molar-refractivity contribution in [3.8, 4) is 22.5 Å². The van der Waals surface area contributed by atoms with E-state index in [2.05, 4.69) is 101 Å². The average Bonchev–Trinajstić information content (AvgIpc) is 2.73. The molecule has 5 aromatic rings. The van der Waals surface area contributed by atoms with Crippen LogP contribution in [-0.4, -0.2) is 9.97 Å². The molecule has 0 amide bonds. The van der Waals surface area contributed by atoms with Crippen molar-refractivity contribution in [3.05, 3.63) is 97.3 Å². The summed E-state index contributed by atoms with van der Waals surface area (Å²) in [6, 6.07) is 31.6. The van der Waals surface area contributed by atoms with Gasteiger partial charge in [-0.25, -0.2) is 9.97 Å². The molecule has 0 fully saturated rings. The first kappa shape index (κ1) is 17.5. The van der Waals surface area contributed by atoms with Crippen LogP contribution < -0.4 is 0 Å². The van der Waals surface area contributed by atoms with Crippen molar-refractivity contribution in [2.45, 2.75) is 0 Å². The Hall–Kier alpha value is -2.87. The second-order valence-electron chi connectivity index (χ2n) is 6.34. The topological polar surface area (TPSA) is 25.8 Å². The summed E-state index contributed by atoms with van der Waals surface area (Å²) in [5.41, 5.74) is 4.15. The van der Waals surface area contributed by atoms with Gasteiger partial charge in [0.15, 0.2) is 0 Å². The fraction of sp³-hybridized carbons (Fsp3) is 0. The van der Waals surface area contributed by atoms with Crippen LogP contribution in [-0.2, 0) is 20.1 Å². The van der Waals surface area contributed by atoms with E-state index in [1.54, 1.807) is 6.33 Å². The number of hydrogen-bond donors (Lipinski definition) is 0. The monoisotopic (exact) mass is 525 g/mol. The van der Waals surface area contributed by atoms with Gasteiger partial charge >= 0.3 is 0 Å². The molecule has 0 atom stereocenters. The van der Waals surface area contributed by atoms with Gasteiger partial charge in [0.25, 0.3) is 0 Å². The van der Waals surface area contributed by atoms with Crippen LogP contribution in [0.5, 0.6) is 0 Å². The van der Waals surface area contributed by atoms with Gasteiger partial charge in [0.05, 0.1) is 11.4 Å². The molecule has 0 saturated heterocycles. The fourth-order valence-electron chi connectivity index (χ4n) is 3.55. The van der Waals surface area contributed by atoms with E-state index in [0.717, 1.165) is 22.5 Å². The van der Waals surface area contributed by atoms with Gasteiger partial charge in [-0.2, -0.15) is 0 Å². The van der Waals surface area contributed by atoms with E-state index in [9.17, 15) is 0 Å². The normalized spacial score (nSPS) is 10.7. The fourth-order valence-corrected chi connectivity index (χ4v) is 3.55. The molecule has 2 nitrogen and oxygen atoms in total. The van der Waals surface area contributed by atoms with Crippen LogP contribution >= 0.6 is 0 Å². The molecular formula is C24H16IrN2. The van der Waals surface area contributed by atoms with Gasteiger partial charge in [-0.3, -0.25) is 0 Å². The van der Waals surface area contributed by atoms with Crippen molar-refractivity contribution in [2.75, 3.05) is 0 Å². The first-order chi connectivity index (χ1) is 12.9. The van der Waals surface area contributed by atoms with Gasteiger partial charge in [-0.05, 0) is 27.6 Å². The van der Waals surface area contributed by atoms with Crippen LogP contribution in [0.2, 0.25) is 0 Å². The number of aromatic nitrogens is 2. The summed E-state index contributed by atoms with van der Waals surface area (Å²) in [5.74, 6) is 0. The first-order valence-electron chi connectivity index (χ1n) is 8.68. The number of fused-ring (bicyclic) bond motifs is 2. The van der Waals surface area contributed by atoms with Crippen molar-refractivity contribution in [1.82, 2.24) is 9.97 Å². The molecule has 0 unspecified atom stereocenters. The second-order valence-corrected chi connectivity index (χ2v) is 6.34. The van der Waals surface area contributed by atoms with E-state index in [1.807, 2.05) is 0 Å². The summed E-state index contributed by atoms with van der Waals surface area (Å²) < 4.78 is 0. The zero-order chi connectivity index (χ0) is 17.3. The van der Waals surface area contributed by atoms with Crippen molar-refractivity contribution < 1.29 is 20.1 Å². The third-order valence-electron chi connectivity index (χ3n) is 4.80. The number of nitrogens with zero attached hydrogens (tertiary/aromatic N) is 2. The minimum atomic E-state index is 0. The van der Waals surface area contributed by atoms with Gasteiger partial charge < -0.3 is 0 Å². The summed E-state index contributed by atoms with van der Waals surface area (Å²) in [4.78, 5) is 9.11. The maximum Gasteiger partial charge on any atom is 0.116 e. The smallest absolute Gasteiger partial charge is 0.116 e. The summed E-state index contributed by atoms with van der Waals surface area (Å²) >= 11 is 0. The standard InChI is InChI=1S/C24H16N2.Ir/c1-3-11-19-17(7-1)9-5-13-21(19)23-15-24(26-16-25-23)22-14-6-10-18-8-2-4-12-20(18)22;/h1-16H;. The maximum absolute atomic E-state index is 4.55. The van der Waals surface area contributed by atoms with E-state index in [4.69, 9.17) is 0 Å². The molecule has 1 heterocycles. The molecule has 131 valence electrons. The summed E-state index contributed by atoms with van der Waals surface area (Å²) in [5, 5.41) is 4.85. The number of hydrogen-bond acceptors (Lipinski definition) is 2. The molecule has 4 aromatic carbocycles. The Labute approximate surface area is 171 Å². The minimum absolute atomic E-state index is 0. The molecule has 0 N–H and O–H groups in total. The van der Waals surface area contributed by atoms with Crippen molar-refractivity contribution in [2.24, 2.45) is 0 Å². The predicted molar refractivity (Wildman–Crippen MR) is 108 cm³/mol. The van der Waals surface area contributed by atoms with Crippen molar-refractivity contribution in [3.63, 3.8) is 0 Å². The van der Waals surface area contributed by atoms with Gasteiger partial charge in [0.2, 0.25) is 0 Å². The SMILES string of the molecule is [Ir].c1ccc2c(-c3cc(-c4cccc5ccccc45)ncn3)cccc2c1.